The number of ether oxygens (including phenoxy) is 1. The van der Waals surface area contributed by atoms with Crippen molar-refractivity contribution in [1.29, 1.82) is 0 Å². The molecule has 1 amide bonds. The summed E-state index contributed by atoms with van der Waals surface area (Å²) in [5.74, 6) is 0.783. The van der Waals surface area contributed by atoms with Crippen LogP contribution in [0, 0.1) is 5.92 Å². The summed E-state index contributed by atoms with van der Waals surface area (Å²) in [6.45, 7) is 10.4. The number of nitrogens with zero attached hydrogens (tertiary/aromatic N) is 3. The number of aromatic nitrogens is 1. The Hall–Kier alpha value is -2.27. The molecule has 2 aliphatic rings. The van der Waals surface area contributed by atoms with Gasteiger partial charge in [0.05, 0.1) is 13.2 Å². The summed E-state index contributed by atoms with van der Waals surface area (Å²) in [7, 11) is 0. The maximum absolute atomic E-state index is 12.8. The minimum Gasteiger partial charge on any atom is -0.378 e. The van der Waals surface area contributed by atoms with Crippen molar-refractivity contribution >= 4 is 11.6 Å². The third-order valence-corrected chi connectivity index (χ3v) is 5.60. The van der Waals surface area contributed by atoms with Gasteiger partial charge in [-0.25, -0.2) is 0 Å². The normalized spacial score (nSPS) is 17.5. The van der Waals surface area contributed by atoms with Crippen LogP contribution in [-0.2, 0) is 11.3 Å². The number of morpholine rings is 1. The van der Waals surface area contributed by atoms with Crippen LogP contribution in [0.3, 0.4) is 0 Å². The van der Waals surface area contributed by atoms with Gasteiger partial charge in [-0.05, 0) is 42.2 Å². The Morgan fingerprint density at radius 3 is 2.33 bits per heavy atom. The number of rotatable bonds is 5. The van der Waals surface area contributed by atoms with Gasteiger partial charge in [0.25, 0.3) is 5.91 Å². The number of fused-ring (bicyclic) bond motifs is 1. The number of carbonyl (C=O) groups is 1. The Kier molecular flexibility index (Phi) is 5.21. The minimum atomic E-state index is 0.165. The maximum Gasteiger partial charge on any atom is 0.270 e. The number of amides is 1. The largest absolute Gasteiger partial charge is 0.378 e. The van der Waals surface area contributed by atoms with E-state index in [9.17, 15) is 4.79 Å². The SMILES string of the molecule is CC(C)CCN1CCn2c(ccc2-c2ccc(N3CCOCC3)cc2)C1=O. The molecule has 0 aliphatic carbocycles. The number of hydrogen-bond donors (Lipinski definition) is 0. The summed E-state index contributed by atoms with van der Waals surface area (Å²) in [5.41, 5.74) is 4.36. The Morgan fingerprint density at radius 1 is 0.926 bits per heavy atom. The number of anilines is 1. The average molecular weight is 367 g/mol. The highest BCUT2D eigenvalue weighted by molar-refractivity contribution is 5.94. The summed E-state index contributed by atoms with van der Waals surface area (Å²) in [4.78, 5) is 17.2. The third kappa shape index (κ3) is 3.74. The molecule has 0 unspecified atom stereocenters. The van der Waals surface area contributed by atoms with Crippen molar-refractivity contribution in [3.8, 4) is 11.3 Å². The lowest BCUT2D eigenvalue weighted by molar-refractivity contribution is 0.0697. The van der Waals surface area contributed by atoms with Crippen molar-refractivity contribution in [1.82, 2.24) is 9.47 Å². The maximum atomic E-state index is 12.8. The van der Waals surface area contributed by atoms with Crippen LogP contribution in [0.2, 0.25) is 0 Å². The number of carbonyl (C=O) groups excluding carboxylic acids is 1. The fourth-order valence-corrected chi connectivity index (χ4v) is 3.92. The van der Waals surface area contributed by atoms with E-state index in [1.54, 1.807) is 0 Å². The zero-order valence-corrected chi connectivity index (χ0v) is 16.4. The van der Waals surface area contributed by atoms with Gasteiger partial charge in [-0.15, -0.1) is 0 Å². The first-order valence-electron chi connectivity index (χ1n) is 10.1. The summed E-state index contributed by atoms with van der Waals surface area (Å²) >= 11 is 0. The molecule has 27 heavy (non-hydrogen) atoms. The van der Waals surface area contributed by atoms with Gasteiger partial charge in [-0.2, -0.15) is 0 Å². The van der Waals surface area contributed by atoms with Crippen molar-refractivity contribution in [2.24, 2.45) is 5.92 Å². The molecule has 2 aliphatic heterocycles. The molecule has 0 N–H and O–H groups in total. The van der Waals surface area contributed by atoms with E-state index in [1.807, 2.05) is 11.0 Å². The zero-order chi connectivity index (χ0) is 18.8. The van der Waals surface area contributed by atoms with E-state index in [4.69, 9.17) is 4.74 Å². The molecule has 4 rings (SSSR count). The number of hydrogen-bond acceptors (Lipinski definition) is 3. The van der Waals surface area contributed by atoms with Gasteiger partial charge in [-0.1, -0.05) is 26.0 Å². The second-order valence-corrected chi connectivity index (χ2v) is 7.88. The van der Waals surface area contributed by atoms with Crippen LogP contribution in [0.15, 0.2) is 36.4 Å². The van der Waals surface area contributed by atoms with Crippen molar-refractivity contribution in [2.45, 2.75) is 26.8 Å². The van der Waals surface area contributed by atoms with Crippen molar-refractivity contribution in [3.05, 3.63) is 42.1 Å². The molecular weight excluding hydrogens is 338 g/mol. The predicted molar refractivity (Wildman–Crippen MR) is 108 cm³/mol. The molecule has 144 valence electrons. The third-order valence-electron chi connectivity index (χ3n) is 5.60. The standard InChI is InChI=1S/C22H29N3O2/c1-17(2)9-10-24-11-12-25-20(7-8-21(25)22(24)26)18-3-5-19(6-4-18)23-13-15-27-16-14-23/h3-8,17H,9-16H2,1-2H3. The Bertz CT molecular complexity index is 788. The molecule has 0 radical (unpaired) electrons. The zero-order valence-electron chi connectivity index (χ0n) is 16.4. The van der Waals surface area contributed by atoms with Crippen LogP contribution in [0.5, 0.6) is 0 Å². The molecule has 0 spiro atoms. The monoisotopic (exact) mass is 367 g/mol. The van der Waals surface area contributed by atoms with Gasteiger partial charge < -0.3 is 19.1 Å². The van der Waals surface area contributed by atoms with E-state index in [-0.39, 0.29) is 5.91 Å². The molecule has 5 heteroatoms. The topological polar surface area (TPSA) is 37.7 Å². The van der Waals surface area contributed by atoms with Gasteiger partial charge in [0.15, 0.2) is 0 Å². The smallest absolute Gasteiger partial charge is 0.270 e. The summed E-state index contributed by atoms with van der Waals surface area (Å²) < 4.78 is 7.61. The molecule has 1 saturated heterocycles. The van der Waals surface area contributed by atoms with Gasteiger partial charge in [-0.3, -0.25) is 4.79 Å². The molecule has 0 atom stereocenters. The Balaban J connectivity index is 1.51. The Labute approximate surface area is 161 Å². The lowest BCUT2D eigenvalue weighted by Gasteiger charge is -2.30. The van der Waals surface area contributed by atoms with Gasteiger partial charge in [0, 0.05) is 44.1 Å². The second kappa shape index (κ2) is 7.77. The van der Waals surface area contributed by atoms with Gasteiger partial charge in [0.1, 0.15) is 5.69 Å². The summed E-state index contributed by atoms with van der Waals surface area (Å²) in [6.07, 6.45) is 1.06. The van der Waals surface area contributed by atoms with Gasteiger partial charge >= 0.3 is 0 Å². The molecule has 0 saturated carbocycles. The molecular formula is C22H29N3O2. The van der Waals surface area contributed by atoms with E-state index in [2.05, 4.69) is 53.6 Å². The molecule has 1 aromatic carbocycles. The predicted octanol–water partition coefficient (Wildman–Crippen LogP) is 3.49. The van der Waals surface area contributed by atoms with Gasteiger partial charge in [0.2, 0.25) is 0 Å². The molecule has 1 aromatic heterocycles. The van der Waals surface area contributed by atoms with Crippen molar-refractivity contribution in [2.75, 3.05) is 44.3 Å². The fourth-order valence-electron chi connectivity index (χ4n) is 3.92. The highest BCUT2D eigenvalue weighted by Crippen LogP contribution is 2.28. The lowest BCUT2D eigenvalue weighted by atomic mass is 10.1. The first kappa shape index (κ1) is 18.1. The minimum absolute atomic E-state index is 0.165. The Morgan fingerprint density at radius 2 is 1.63 bits per heavy atom. The van der Waals surface area contributed by atoms with E-state index < -0.39 is 0 Å². The van der Waals surface area contributed by atoms with Crippen molar-refractivity contribution < 1.29 is 9.53 Å². The molecule has 5 nitrogen and oxygen atoms in total. The number of benzene rings is 1. The summed E-state index contributed by atoms with van der Waals surface area (Å²) in [5, 5.41) is 0. The van der Waals surface area contributed by atoms with E-state index >= 15 is 0 Å². The average Bonchev–Trinajstić information content (AvgIpc) is 3.13. The highest BCUT2D eigenvalue weighted by Gasteiger charge is 2.26. The van der Waals surface area contributed by atoms with Crippen LogP contribution in [0.4, 0.5) is 5.69 Å². The molecule has 0 bridgehead atoms. The first-order valence-corrected chi connectivity index (χ1v) is 10.1. The molecule has 2 aromatic rings. The van der Waals surface area contributed by atoms with Crippen molar-refractivity contribution in [3.63, 3.8) is 0 Å². The second-order valence-electron chi connectivity index (χ2n) is 7.88. The quantitative estimate of drug-likeness (QED) is 0.812. The van der Waals surface area contributed by atoms with E-state index in [1.165, 1.54) is 11.3 Å². The van der Waals surface area contributed by atoms with Crippen LogP contribution in [0.25, 0.3) is 11.3 Å². The molecule has 3 heterocycles. The summed E-state index contributed by atoms with van der Waals surface area (Å²) in [6, 6.07) is 12.8. The van der Waals surface area contributed by atoms with Crippen LogP contribution in [-0.4, -0.2) is 54.8 Å². The van der Waals surface area contributed by atoms with Crippen LogP contribution in [0.1, 0.15) is 30.8 Å². The lowest BCUT2D eigenvalue weighted by Crippen LogP contribution is -2.41. The van der Waals surface area contributed by atoms with Crippen LogP contribution < -0.4 is 4.90 Å². The van der Waals surface area contributed by atoms with E-state index in [0.29, 0.717) is 5.92 Å². The molecule has 1 fully saturated rings. The van der Waals surface area contributed by atoms with Crippen LogP contribution >= 0.6 is 0 Å². The van der Waals surface area contributed by atoms with E-state index in [0.717, 1.165) is 63.7 Å². The first-order chi connectivity index (χ1) is 13.1. The highest BCUT2D eigenvalue weighted by atomic mass is 16.5. The fraction of sp³-hybridized carbons (Fsp3) is 0.500.